The molecule has 0 unspecified atom stereocenters. The molecule has 0 aliphatic heterocycles. The first kappa shape index (κ1) is 11.8. The Morgan fingerprint density at radius 1 is 1.33 bits per heavy atom. The third-order valence-corrected chi connectivity index (χ3v) is 1.39. The minimum absolute atomic E-state index is 0.200. The highest BCUT2D eigenvalue weighted by Gasteiger charge is 1.99. The Bertz CT molecular complexity index is 91.1. The van der Waals surface area contributed by atoms with Crippen LogP contribution in [0.2, 0.25) is 0 Å². The van der Waals surface area contributed by atoms with Crippen molar-refractivity contribution < 1.29 is 13.5 Å². The lowest BCUT2D eigenvalue weighted by Crippen LogP contribution is -2.22. The molecule has 1 N–H and O–H groups in total. The molecule has 0 fully saturated rings. The second-order valence-electron chi connectivity index (χ2n) is 2.50. The first-order chi connectivity index (χ1) is 5.77. The van der Waals surface area contributed by atoms with Crippen LogP contribution in [0.5, 0.6) is 0 Å². The summed E-state index contributed by atoms with van der Waals surface area (Å²) < 4.78 is 28.2. The van der Waals surface area contributed by atoms with Crippen molar-refractivity contribution in [2.45, 2.75) is 26.2 Å². The first-order valence-electron chi connectivity index (χ1n) is 4.34. The molecule has 0 atom stereocenters. The van der Waals surface area contributed by atoms with E-state index in [1.165, 1.54) is 0 Å². The Morgan fingerprint density at radius 2 is 2.08 bits per heavy atom. The van der Waals surface area contributed by atoms with E-state index in [0.717, 1.165) is 26.1 Å². The van der Waals surface area contributed by atoms with E-state index in [4.69, 9.17) is 4.74 Å². The average molecular weight is 181 g/mol. The van der Waals surface area contributed by atoms with Crippen molar-refractivity contribution in [2.24, 2.45) is 0 Å². The van der Waals surface area contributed by atoms with Gasteiger partial charge < -0.3 is 10.1 Å². The van der Waals surface area contributed by atoms with Crippen LogP contribution in [0.4, 0.5) is 8.78 Å². The zero-order chi connectivity index (χ0) is 9.23. The monoisotopic (exact) mass is 181 g/mol. The molecular weight excluding hydrogens is 164 g/mol. The third-order valence-electron chi connectivity index (χ3n) is 1.39. The minimum Gasteiger partial charge on any atom is -0.382 e. The second-order valence-corrected chi connectivity index (χ2v) is 2.50. The molecule has 0 spiro atoms. The number of rotatable bonds is 8. The molecule has 12 heavy (non-hydrogen) atoms. The minimum atomic E-state index is -2.24. The van der Waals surface area contributed by atoms with Crippen LogP contribution in [0, 0.1) is 0 Å². The van der Waals surface area contributed by atoms with Gasteiger partial charge in [0.2, 0.25) is 0 Å². The summed E-state index contributed by atoms with van der Waals surface area (Å²) in [6.07, 6.45) is -0.409. The van der Waals surface area contributed by atoms with Gasteiger partial charge in [0.1, 0.15) is 0 Å². The summed E-state index contributed by atoms with van der Waals surface area (Å²) in [6.45, 7) is 3.85. The van der Waals surface area contributed by atoms with Gasteiger partial charge in [0.15, 0.2) is 0 Å². The highest BCUT2D eigenvalue weighted by atomic mass is 19.3. The Morgan fingerprint density at radius 3 is 2.67 bits per heavy atom. The summed E-state index contributed by atoms with van der Waals surface area (Å²) >= 11 is 0. The van der Waals surface area contributed by atoms with Gasteiger partial charge in [-0.3, -0.25) is 0 Å². The molecule has 4 heteroatoms. The lowest BCUT2D eigenvalue weighted by molar-refractivity contribution is 0.138. The number of ether oxygens (including phenoxy) is 1. The van der Waals surface area contributed by atoms with Crippen LogP contribution in [0.3, 0.4) is 0 Å². The van der Waals surface area contributed by atoms with Crippen molar-refractivity contribution in [2.75, 3.05) is 26.3 Å². The summed E-state index contributed by atoms with van der Waals surface area (Å²) in [6, 6.07) is 0. The molecule has 0 heterocycles. The summed E-state index contributed by atoms with van der Waals surface area (Å²) in [5.41, 5.74) is 0. The smallest absolute Gasteiger partial charge is 0.250 e. The van der Waals surface area contributed by atoms with E-state index in [9.17, 15) is 8.78 Å². The molecule has 0 amide bonds. The molecule has 2 nitrogen and oxygen atoms in total. The van der Waals surface area contributed by atoms with Gasteiger partial charge in [-0.1, -0.05) is 0 Å². The Kier molecular flexibility index (Phi) is 8.71. The molecule has 0 aromatic rings. The summed E-state index contributed by atoms with van der Waals surface area (Å²) in [4.78, 5) is 0. The van der Waals surface area contributed by atoms with Gasteiger partial charge in [-0.2, -0.15) is 0 Å². The maximum absolute atomic E-state index is 11.6. The molecular formula is C8H17F2NO. The number of alkyl halides is 2. The molecule has 0 aliphatic carbocycles. The summed E-state index contributed by atoms with van der Waals surface area (Å²) in [7, 11) is 0. The third kappa shape index (κ3) is 9.78. The zero-order valence-electron chi connectivity index (χ0n) is 7.48. The maximum atomic E-state index is 11.6. The van der Waals surface area contributed by atoms with Gasteiger partial charge in [0.05, 0.1) is 6.54 Å². The van der Waals surface area contributed by atoms with Crippen LogP contribution in [-0.4, -0.2) is 32.7 Å². The van der Waals surface area contributed by atoms with Crippen LogP contribution in [-0.2, 0) is 4.74 Å². The Hall–Kier alpha value is -0.220. The Balaban J connectivity index is 2.82. The molecule has 0 bridgehead atoms. The lowest BCUT2D eigenvalue weighted by atomic mass is 10.3. The van der Waals surface area contributed by atoms with E-state index >= 15 is 0 Å². The van der Waals surface area contributed by atoms with Gasteiger partial charge in [-0.15, -0.1) is 0 Å². The number of halogens is 2. The molecule has 0 aliphatic rings. The number of unbranched alkanes of at least 4 members (excludes halogenated alkanes) is 1. The van der Waals surface area contributed by atoms with E-state index in [1.54, 1.807) is 0 Å². The van der Waals surface area contributed by atoms with Crippen LogP contribution in [0.15, 0.2) is 0 Å². The fourth-order valence-corrected chi connectivity index (χ4v) is 0.810. The summed E-state index contributed by atoms with van der Waals surface area (Å²) in [5.74, 6) is 0. The quantitative estimate of drug-likeness (QED) is 0.575. The largest absolute Gasteiger partial charge is 0.382 e. The number of hydrogen-bond donors (Lipinski definition) is 1. The number of hydrogen-bond acceptors (Lipinski definition) is 2. The van der Waals surface area contributed by atoms with E-state index < -0.39 is 6.43 Å². The topological polar surface area (TPSA) is 21.3 Å². The van der Waals surface area contributed by atoms with Gasteiger partial charge in [0, 0.05) is 13.2 Å². The number of nitrogens with one attached hydrogen (secondary N) is 1. The van der Waals surface area contributed by atoms with Crippen LogP contribution < -0.4 is 5.32 Å². The standard InChI is InChI=1S/C8H17F2NO/c1-2-12-6-4-3-5-11-7-8(9)10/h8,11H,2-7H2,1H3. The van der Waals surface area contributed by atoms with Gasteiger partial charge in [-0.25, -0.2) is 8.78 Å². The van der Waals surface area contributed by atoms with Crippen molar-refractivity contribution >= 4 is 0 Å². The van der Waals surface area contributed by atoms with E-state index in [2.05, 4.69) is 5.32 Å². The normalized spacial score (nSPS) is 11.0. The van der Waals surface area contributed by atoms with Crippen LogP contribution in [0.1, 0.15) is 19.8 Å². The van der Waals surface area contributed by atoms with Crippen LogP contribution in [0.25, 0.3) is 0 Å². The van der Waals surface area contributed by atoms with Gasteiger partial charge in [-0.05, 0) is 26.3 Å². The van der Waals surface area contributed by atoms with Crippen molar-refractivity contribution in [1.29, 1.82) is 0 Å². The molecule has 0 aromatic carbocycles. The van der Waals surface area contributed by atoms with Gasteiger partial charge in [0.25, 0.3) is 6.43 Å². The summed E-state index contributed by atoms with van der Waals surface area (Å²) in [5, 5.41) is 2.66. The average Bonchev–Trinajstić information content (AvgIpc) is 2.02. The molecule has 0 radical (unpaired) electrons. The lowest BCUT2D eigenvalue weighted by Gasteiger charge is -2.03. The predicted molar refractivity (Wildman–Crippen MR) is 44.6 cm³/mol. The van der Waals surface area contributed by atoms with Crippen molar-refractivity contribution in [3.05, 3.63) is 0 Å². The zero-order valence-corrected chi connectivity index (χ0v) is 7.48. The van der Waals surface area contributed by atoms with Gasteiger partial charge >= 0.3 is 0 Å². The van der Waals surface area contributed by atoms with E-state index in [0.29, 0.717) is 6.54 Å². The fourth-order valence-electron chi connectivity index (χ4n) is 0.810. The maximum Gasteiger partial charge on any atom is 0.250 e. The second kappa shape index (κ2) is 8.87. The fraction of sp³-hybridized carbons (Fsp3) is 1.00. The molecule has 74 valence electrons. The van der Waals surface area contributed by atoms with E-state index in [1.807, 2.05) is 6.92 Å². The SMILES string of the molecule is CCOCCCCNCC(F)F. The van der Waals surface area contributed by atoms with Crippen molar-refractivity contribution in [1.82, 2.24) is 5.32 Å². The predicted octanol–water partition coefficient (Wildman–Crippen LogP) is 1.66. The molecule has 0 rings (SSSR count). The molecule has 0 saturated heterocycles. The van der Waals surface area contributed by atoms with E-state index in [-0.39, 0.29) is 6.54 Å². The highest BCUT2D eigenvalue weighted by molar-refractivity contribution is 4.49. The molecule has 0 saturated carbocycles. The highest BCUT2D eigenvalue weighted by Crippen LogP contribution is 1.90. The Labute approximate surface area is 72.3 Å². The molecule has 0 aromatic heterocycles. The first-order valence-corrected chi connectivity index (χ1v) is 4.34. The van der Waals surface area contributed by atoms with Crippen molar-refractivity contribution in [3.63, 3.8) is 0 Å². The van der Waals surface area contributed by atoms with Crippen LogP contribution >= 0.6 is 0 Å². The van der Waals surface area contributed by atoms with Crippen molar-refractivity contribution in [3.8, 4) is 0 Å².